The molecule has 1 N–H and O–H groups in total. The molecule has 1 aliphatic heterocycles. The van der Waals surface area contributed by atoms with Crippen LogP contribution in [0.1, 0.15) is 0 Å². The molecule has 21 heavy (non-hydrogen) atoms. The Morgan fingerprint density at radius 1 is 1.24 bits per heavy atom. The van der Waals surface area contributed by atoms with Gasteiger partial charge in [0.25, 0.3) is 5.56 Å². The molecule has 0 spiro atoms. The number of hydrogen-bond acceptors (Lipinski definition) is 5. The summed E-state index contributed by atoms with van der Waals surface area (Å²) >= 11 is 8.61. The van der Waals surface area contributed by atoms with E-state index in [1.807, 2.05) is 12.2 Å². The van der Waals surface area contributed by atoms with E-state index in [1.54, 1.807) is 46.6 Å². The minimum absolute atomic E-state index is 0.0929. The molecule has 0 aliphatic carbocycles. The molecule has 4 nitrogen and oxygen atoms in total. The van der Waals surface area contributed by atoms with Crippen molar-refractivity contribution in [3.8, 4) is 5.69 Å². The van der Waals surface area contributed by atoms with Crippen LogP contribution in [0.4, 0.5) is 0 Å². The second kappa shape index (κ2) is 6.11. The predicted octanol–water partition coefficient (Wildman–Crippen LogP) is 3.75. The van der Waals surface area contributed by atoms with Crippen molar-refractivity contribution in [2.24, 2.45) is 0 Å². The van der Waals surface area contributed by atoms with Gasteiger partial charge in [0, 0.05) is 17.3 Å². The van der Waals surface area contributed by atoms with Gasteiger partial charge >= 0.3 is 0 Å². The van der Waals surface area contributed by atoms with E-state index < -0.39 is 0 Å². The summed E-state index contributed by atoms with van der Waals surface area (Å²) < 4.78 is 2.43. The number of nitrogens with zero attached hydrogens (tertiary/aromatic N) is 2. The van der Waals surface area contributed by atoms with E-state index in [2.05, 4.69) is 0 Å². The zero-order valence-corrected chi connectivity index (χ0v) is 13.1. The summed E-state index contributed by atoms with van der Waals surface area (Å²) in [6.07, 6.45) is 7.06. The Morgan fingerprint density at radius 3 is 2.71 bits per heavy atom. The third-order valence-corrected chi connectivity index (χ3v) is 5.41. The van der Waals surface area contributed by atoms with Gasteiger partial charge in [-0.15, -0.1) is 0 Å². The summed E-state index contributed by atoms with van der Waals surface area (Å²) in [5, 5.41) is 11.2. The first kappa shape index (κ1) is 14.5. The number of allylic oxidation sites excluding steroid dienone is 2. The summed E-state index contributed by atoms with van der Waals surface area (Å²) in [7, 11) is 0. The van der Waals surface area contributed by atoms with Crippen LogP contribution < -0.4 is 5.56 Å². The van der Waals surface area contributed by atoms with Crippen LogP contribution in [-0.2, 0) is 0 Å². The lowest BCUT2D eigenvalue weighted by Gasteiger charge is -2.22. The first-order chi connectivity index (χ1) is 10.1. The Bertz CT molecular complexity index is 749. The summed E-state index contributed by atoms with van der Waals surface area (Å²) in [6, 6.07) is 8.68. The van der Waals surface area contributed by atoms with Crippen molar-refractivity contribution in [2.45, 2.75) is 9.58 Å². The molecule has 1 atom stereocenters. The molecule has 108 valence electrons. The van der Waals surface area contributed by atoms with Crippen LogP contribution >= 0.6 is 34.9 Å². The molecule has 2 aromatic rings. The molecule has 2 heterocycles. The fourth-order valence-electron chi connectivity index (χ4n) is 1.82. The van der Waals surface area contributed by atoms with Crippen LogP contribution in [0.15, 0.2) is 63.8 Å². The SMILES string of the molecule is O=c1cc(SC2C=CC=CN2O)sn1-c1ccc(Cl)cc1. The molecule has 0 radical (unpaired) electrons. The maximum atomic E-state index is 12.1. The lowest BCUT2D eigenvalue weighted by atomic mass is 10.3. The van der Waals surface area contributed by atoms with E-state index in [1.165, 1.54) is 23.3 Å². The molecule has 1 aliphatic rings. The highest BCUT2D eigenvalue weighted by Crippen LogP contribution is 2.31. The van der Waals surface area contributed by atoms with Gasteiger partial charge in [0.05, 0.1) is 9.90 Å². The van der Waals surface area contributed by atoms with Gasteiger partial charge in [-0.25, -0.2) is 9.02 Å². The van der Waals surface area contributed by atoms with Gasteiger partial charge in [-0.2, -0.15) is 0 Å². The zero-order valence-electron chi connectivity index (χ0n) is 10.7. The third kappa shape index (κ3) is 3.24. The maximum Gasteiger partial charge on any atom is 0.266 e. The van der Waals surface area contributed by atoms with Crippen LogP contribution in [0.5, 0.6) is 0 Å². The molecule has 1 aromatic heterocycles. The van der Waals surface area contributed by atoms with Crippen molar-refractivity contribution >= 4 is 34.9 Å². The highest BCUT2D eigenvalue weighted by atomic mass is 35.5. The number of thioether (sulfide) groups is 1. The molecule has 0 amide bonds. The summed E-state index contributed by atoms with van der Waals surface area (Å²) in [6.45, 7) is 0. The van der Waals surface area contributed by atoms with Crippen LogP contribution in [-0.4, -0.2) is 19.6 Å². The fourth-order valence-corrected chi connectivity index (χ4v) is 4.09. The third-order valence-electron chi connectivity index (χ3n) is 2.81. The van der Waals surface area contributed by atoms with E-state index in [0.717, 1.165) is 15.0 Å². The predicted molar refractivity (Wildman–Crippen MR) is 86.5 cm³/mol. The highest BCUT2D eigenvalue weighted by Gasteiger charge is 2.16. The Morgan fingerprint density at radius 2 is 2.00 bits per heavy atom. The van der Waals surface area contributed by atoms with E-state index in [4.69, 9.17) is 11.6 Å². The van der Waals surface area contributed by atoms with Crippen molar-refractivity contribution in [1.82, 2.24) is 9.02 Å². The van der Waals surface area contributed by atoms with E-state index >= 15 is 0 Å². The smallest absolute Gasteiger partial charge is 0.266 e. The molecular weight excluding hydrogens is 328 g/mol. The Balaban J connectivity index is 1.84. The largest absolute Gasteiger partial charge is 0.288 e. The molecular formula is C14H11ClN2O2S2. The lowest BCUT2D eigenvalue weighted by Crippen LogP contribution is -2.23. The van der Waals surface area contributed by atoms with Gasteiger partial charge in [0.2, 0.25) is 0 Å². The minimum Gasteiger partial charge on any atom is -0.288 e. The van der Waals surface area contributed by atoms with Crippen LogP contribution in [0, 0.1) is 0 Å². The quantitative estimate of drug-likeness (QED) is 0.926. The van der Waals surface area contributed by atoms with Crippen molar-refractivity contribution < 1.29 is 5.21 Å². The Hall–Kier alpha value is -1.47. The average molecular weight is 339 g/mol. The first-order valence-corrected chi connectivity index (χ1v) is 8.15. The number of halogens is 1. The maximum absolute atomic E-state index is 12.1. The summed E-state index contributed by atoms with van der Waals surface area (Å²) in [4.78, 5) is 12.1. The Labute approximate surface area is 134 Å². The number of hydroxylamine groups is 2. The summed E-state index contributed by atoms with van der Waals surface area (Å²) in [5.74, 6) is 0. The van der Waals surface area contributed by atoms with Crippen molar-refractivity contribution in [2.75, 3.05) is 0 Å². The number of aromatic nitrogens is 1. The highest BCUT2D eigenvalue weighted by molar-refractivity contribution is 8.01. The topological polar surface area (TPSA) is 45.5 Å². The molecule has 0 bridgehead atoms. The van der Waals surface area contributed by atoms with Gasteiger partial charge in [0.15, 0.2) is 0 Å². The van der Waals surface area contributed by atoms with Gasteiger partial charge in [0.1, 0.15) is 5.37 Å². The molecule has 0 fully saturated rings. The van der Waals surface area contributed by atoms with Crippen molar-refractivity contribution in [3.05, 3.63) is 70.1 Å². The molecule has 3 rings (SSSR count). The fraction of sp³-hybridized carbons (Fsp3) is 0.0714. The van der Waals surface area contributed by atoms with Crippen molar-refractivity contribution in [1.29, 1.82) is 0 Å². The van der Waals surface area contributed by atoms with E-state index in [-0.39, 0.29) is 10.9 Å². The van der Waals surface area contributed by atoms with Gasteiger partial charge in [-0.05, 0) is 47.9 Å². The normalized spacial score (nSPS) is 17.4. The first-order valence-electron chi connectivity index (χ1n) is 6.12. The second-order valence-electron chi connectivity index (χ2n) is 4.28. The van der Waals surface area contributed by atoms with Crippen LogP contribution in [0.3, 0.4) is 0 Å². The van der Waals surface area contributed by atoms with Crippen LogP contribution in [0.25, 0.3) is 5.69 Å². The second-order valence-corrected chi connectivity index (χ2v) is 7.12. The minimum atomic E-state index is -0.230. The van der Waals surface area contributed by atoms with E-state index in [9.17, 15) is 10.0 Å². The number of benzene rings is 1. The number of hydrogen-bond donors (Lipinski definition) is 1. The zero-order chi connectivity index (χ0) is 14.8. The molecule has 7 heteroatoms. The monoisotopic (exact) mass is 338 g/mol. The molecule has 0 saturated heterocycles. The molecule has 1 aromatic carbocycles. The van der Waals surface area contributed by atoms with Gasteiger partial charge < -0.3 is 0 Å². The van der Waals surface area contributed by atoms with Gasteiger partial charge in [-0.3, -0.25) is 10.0 Å². The van der Waals surface area contributed by atoms with Crippen LogP contribution in [0.2, 0.25) is 5.02 Å². The van der Waals surface area contributed by atoms with Crippen molar-refractivity contribution in [3.63, 3.8) is 0 Å². The Kier molecular flexibility index (Phi) is 4.21. The average Bonchev–Trinajstić information content (AvgIpc) is 2.83. The summed E-state index contributed by atoms with van der Waals surface area (Å²) in [5.41, 5.74) is 0.686. The number of rotatable bonds is 3. The van der Waals surface area contributed by atoms with E-state index in [0.29, 0.717) is 5.02 Å². The van der Waals surface area contributed by atoms with Gasteiger partial charge in [-0.1, -0.05) is 29.4 Å². The molecule has 1 unspecified atom stereocenters. The molecule has 0 saturated carbocycles. The standard InChI is InChI=1S/C14H11ClN2O2S2/c15-10-4-6-11(7-5-10)17-12(18)9-14(21-17)20-13-3-1-2-8-16(13)19/h1-9,13,19H. The lowest BCUT2D eigenvalue weighted by molar-refractivity contribution is -0.0407.